The largest absolute Gasteiger partial charge is 0.507 e. The number of fused-ring (bicyclic) bond motifs is 14. The van der Waals surface area contributed by atoms with Crippen LogP contribution in [0.1, 0.15) is 70.0 Å². The molecule has 0 saturated heterocycles. The van der Waals surface area contributed by atoms with Gasteiger partial charge in [-0.25, -0.2) is 0 Å². The zero-order chi connectivity index (χ0) is 41.8. The first-order chi connectivity index (χ1) is 26.3. The zero-order valence-corrected chi connectivity index (χ0v) is 32.9. The van der Waals surface area contributed by atoms with E-state index in [0.717, 1.165) is 12.5 Å². The van der Waals surface area contributed by atoms with Crippen LogP contribution in [-0.4, -0.2) is 105 Å². The van der Waals surface area contributed by atoms with Crippen LogP contribution < -0.4 is 10.1 Å². The van der Waals surface area contributed by atoms with E-state index >= 15 is 0 Å². The number of allylic oxidation sites excluding steroid dienone is 2. The van der Waals surface area contributed by atoms with Crippen LogP contribution in [0.25, 0.3) is 10.8 Å². The highest BCUT2D eigenvalue weighted by atomic mass is 16.7. The van der Waals surface area contributed by atoms with Gasteiger partial charge in [0.2, 0.25) is 0 Å². The van der Waals surface area contributed by atoms with Crippen molar-refractivity contribution in [2.75, 3.05) is 25.6 Å². The van der Waals surface area contributed by atoms with Crippen molar-refractivity contribution < 1.29 is 68.8 Å². The van der Waals surface area contributed by atoms with Gasteiger partial charge in [0.05, 0.1) is 59.6 Å². The molecule has 56 heavy (non-hydrogen) atoms. The van der Waals surface area contributed by atoms with Gasteiger partial charge in [0.1, 0.15) is 30.0 Å². The number of amides is 1. The Morgan fingerprint density at radius 2 is 1.66 bits per heavy atom. The molecule has 5 rings (SSSR count). The van der Waals surface area contributed by atoms with E-state index in [1.54, 1.807) is 33.8 Å². The number of methoxy groups -OCH3 is 1. The van der Waals surface area contributed by atoms with Gasteiger partial charge >= 0.3 is 11.8 Å². The second-order valence-electron chi connectivity index (χ2n) is 14.4. The number of phenols is 3. The van der Waals surface area contributed by atoms with Crippen molar-refractivity contribution in [1.82, 2.24) is 0 Å². The topological polar surface area (TPSA) is 243 Å². The van der Waals surface area contributed by atoms with Crippen LogP contribution in [-0.2, 0) is 28.6 Å². The van der Waals surface area contributed by atoms with Gasteiger partial charge in [0, 0.05) is 61.2 Å². The molecule has 2 aromatic rings. The summed E-state index contributed by atoms with van der Waals surface area (Å²) in [6.07, 6.45) is 4.24. The summed E-state index contributed by atoms with van der Waals surface area (Å²) in [6, 6.07) is 0. The Bertz CT molecular complexity index is 1950. The quantitative estimate of drug-likeness (QED) is 0.0545. The third-order valence-electron chi connectivity index (χ3n) is 10.5. The van der Waals surface area contributed by atoms with Crippen LogP contribution in [0.5, 0.6) is 23.0 Å². The van der Waals surface area contributed by atoms with E-state index in [0.29, 0.717) is 0 Å². The lowest BCUT2D eigenvalue weighted by molar-refractivity contribution is -0.160. The van der Waals surface area contributed by atoms with Crippen molar-refractivity contribution in [3.05, 3.63) is 52.8 Å². The monoisotopic (exact) mass is 784 g/mol. The molecular weight excluding hydrogens is 732 g/mol. The molecule has 2 aromatic carbocycles. The molecule has 0 unspecified atom stereocenters. The molecule has 5 bridgehead atoms. The number of aromatic hydroxyl groups is 3. The SMILES string of the molecule is CO[C@H]1/C=C/O[C@@]2(C)Oc3c(C)c(O)c4c(O)c(c(C=NOCCO)c(O)c4c3C2=O)NC(=O)/C(C)=C\C=C\[C@H](C)[C@H](O)[C@@H](C)[C@@H](O)[C@H](C)[C@H](OC(C)=O)[C@H]1C. The summed E-state index contributed by atoms with van der Waals surface area (Å²) in [5.74, 6) is -8.94. The van der Waals surface area contributed by atoms with Gasteiger partial charge in [0.25, 0.3) is 11.7 Å². The minimum atomic E-state index is -2.08. The molecule has 0 radical (unpaired) electrons. The number of rotatable bonds is 6. The third-order valence-corrected chi connectivity index (χ3v) is 10.5. The van der Waals surface area contributed by atoms with Crippen LogP contribution in [0, 0.1) is 30.6 Å². The first-order valence-corrected chi connectivity index (χ1v) is 18.2. The van der Waals surface area contributed by atoms with Crippen molar-refractivity contribution in [2.24, 2.45) is 28.8 Å². The Morgan fingerprint density at radius 3 is 2.29 bits per heavy atom. The number of aliphatic hydroxyl groups excluding tert-OH is 3. The van der Waals surface area contributed by atoms with Crippen molar-refractivity contribution >= 4 is 40.3 Å². The van der Waals surface area contributed by atoms with Gasteiger partial charge in [-0.1, -0.05) is 51.1 Å². The molecule has 1 amide bonds. The maximum absolute atomic E-state index is 14.2. The van der Waals surface area contributed by atoms with Crippen molar-refractivity contribution in [2.45, 2.75) is 85.6 Å². The number of nitrogens with zero attached hydrogens (tertiary/aromatic N) is 1. The molecule has 306 valence electrons. The molecule has 3 heterocycles. The lowest BCUT2D eigenvalue weighted by atomic mass is 9.78. The number of carbonyl (C=O) groups is 3. The Morgan fingerprint density at radius 1 is 0.982 bits per heavy atom. The number of ketones is 1. The normalized spacial score (nSPS) is 31.0. The number of oxime groups is 1. The van der Waals surface area contributed by atoms with Crippen molar-refractivity contribution in [3.63, 3.8) is 0 Å². The summed E-state index contributed by atoms with van der Waals surface area (Å²) in [5.41, 5.74) is -0.836. The Hall–Kier alpha value is -5.16. The molecule has 0 fully saturated rings. The second kappa shape index (κ2) is 17.7. The highest BCUT2D eigenvalue weighted by Crippen LogP contribution is 2.55. The van der Waals surface area contributed by atoms with Crippen LogP contribution in [0.15, 0.2) is 41.3 Å². The highest BCUT2D eigenvalue weighted by Gasteiger charge is 2.50. The Labute approximate surface area is 324 Å². The van der Waals surface area contributed by atoms with Crippen molar-refractivity contribution in [3.8, 4) is 23.0 Å². The summed E-state index contributed by atoms with van der Waals surface area (Å²) >= 11 is 0. The van der Waals surface area contributed by atoms with Gasteiger partial charge in [0.15, 0.2) is 5.75 Å². The van der Waals surface area contributed by atoms with Crippen LogP contribution in [0.3, 0.4) is 0 Å². The molecular formula is C40H52N2O14. The number of hydrogen-bond acceptors (Lipinski definition) is 15. The summed E-state index contributed by atoms with van der Waals surface area (Å²) in [5, 5.41) is 72.3. The Kier molecular flexibility index (Phi) is 13.8. The smallest absolute Gasteiger partial charge is 0.312 e. The van der Waals surface area contributed by atoms with Crippen LogP contribution in [0.2, 0.25) is 0 Å². The highest BCUT2D eigenvalue weighted by molar-refractivity contribution is 6.23. The zero-order valence-electron chi connectivity index (χ0n) is 32.9. The maximum Gasteiger partial charge on any atom is 0.312 e. The first kappa shape index (κ1) is 43.6. The number of ether oxygens (including phenoxy) is 4. The molecule has 3 aliphatic heterocycles. The minimum absolute atomic E-state index is 0.00857. The molecule has 16 heteroatoms. The summed E-state index contributed by atoms with van der Waals surface area (Å²) in [7, 11) is 1.41. The number of carbonyl (C=O) groups excluding carboxylic acids is 3. The minimum Gasteiger partial charge on any atom is -0.507 e. The number of hydrogen-bond donors (Lipinski definition) is 7. The molecule has 3 aliphatic rings. The van der Waals surface area contributed by atoms with Crippen LogP contribution in [0.4, 0.5) is 5.69 Å². The summed E-state index contributed by atoms with van der Waals surface area (Å²) in [6.45, 7) is 11.7. The van der Waals surface area contributed by atoms with Crippen molar-refractivity contribution in [1.29, 1.82) is 0 Å². The van der Waals surface area contributed by atoms with E-state index in [1.165, 1.54) is 53.0 Å². The lowest BCUT2D eigenvalue weighted by Gasteiger charge is -2.38. The van der Waals surface area contributed by atoms with E-state index < -0.39 is 101 Å². The van der Waals surface area contributed by atoms with Crippen LogP contribution >= 0.6 is 0 Å². The third kappa shape index (κ3) is 8.48. The average Bonchev–Trinajstić information content (AvgIpc) is 3.42. The Balaban J connectivity index is 1.97. The maximum atomic E-state index is 14.2. The van der Waals surface area contributed by atoms with Gasteiger partial charge in [-0.3, -0.25) is 14.4 Å². The predicted octanol–water partition coefficient (Wildman–Crippen LogP) is 4.10. The molecule has 0 spiro atoms. The van der Waals surface area contributed by atoms with E-state index in [-0.39, 0.29) is 45.4 Å². The molecule has 9 atom stereocenters. The number of nitrogens with one attached hydrogen (secondary N) is 1. The van der Waals surface area contributed by atoms with E-state index in [1.807, 2.05) is 0 Å². The fourth-order valence-electron chi connectivity index (χ4n) is 7.06. The number of esters is 1. The van der Waals surface area contributed by atoms with E-state index in [4.69, 9.17) is 28.9 Å². The number of Topliss-reactive ketones (excluding diaryl/α,β-unsaturated/α-hetero) is 1. The fourth-order valence-corrected chi connectivity index (χ4v) is 7.06. The van der Waals surface area contributed by atoms with Gasteiger partial charge < -0.3 is 59.7 Å². The summed E-state index contributed by atoms with van der Waals surface area (Å²) < 4.78 is 23.4. The van der Waals surface area contributed by atoms with E-state index in [2.05, 4.69) is 10.5 Å². The molecule has 0 aromatic heterocycles. The number of benzene rings is 2. The average molecular weight is 785 g/mol. The van der Waals surface area contributed by atoms with E-state index in [9.17, 15) is 39.9 Å². The van der Waals surface area contributed by atoms with Gasteiger partial charge in [-0.2, -0.15) is 0 Å². The predicted molar refractivity (Wildman–Crippen MR) is 204 cm³/mol. The first-order valence-electron chi connectivity index (χ1n) is 18.2. The summed E-state index contributed by atoms with van der Waals surface area (Å²) in [4.78, 5) is 45.0. The molecule has 0 aliphatic carbocycles. The van der Waals surface area contributed by atoms with Gasteiger partial charge in [-0.15, -0.1) is 0 Å². The molecule has 0 saturated carbocycles. The second-order valence-corrected chi connectivity index (χ2v) is 14.4. The lowest BCUT2D eigenvalue weighted by Crippen LogP contribution is -2.46. The fraction of sp³-hybridized carbons (Fsp3) is 0.500. The molecule has 16 nitrogen and oxygen atoms in total. The number of phenolic OH excluding ortho intramolecular Hbond substituents is 3. The standard InChI is InChI=1S/C40H52N2O14/c1-18-11-10-12-19(2)39(51)42-30-25(17-41-54-16-14-43)34(48)27-28(35(30)49)33(47)23(6)37-29(27)38(50)40(8,56-37)53-15-13-26(52-9)20(3)36(55-24(7)44)22(5)32(46)21(4)31(18)45/h10-13,15,17-18,20-22,26,31-32,36,43,45-49H,14,16H2,1-9H3,(H,42,51)/b11-10+,15-13+,19-12-,41-17?/t18-,20-,21+,22-,26-,31-,32+,36+,40-/m0/s1. The number of anilines is 1. The van der Waals surface area contributed by atoms with Gasteiger partial charge in [-0.05, 0) is 19.9 Å². The molecule has 7 N–H and O–H groups in total. The number of aliphatic hydroxyl groups is 3.